The molecule has 0 aromatic carbocycles. The summed E-state index contributed by atoms with van der Waals surface area (Å²) in [6.45, 7) is 2.89. The summed E-state index contributed by atoms with van der Waals surface area (Å²) in [6, 6.07) is 0. The number of thiophene rings is 1. The number of nitrogens with one attached hydrogen (secondary N) is 1. The van der Waals surface area contributed by atoms with Crippen molar-refractivity contribution in [2.45, 2.75) is 45.6 Å². The summed E-state index contributed by atoms with van der Waals surface area (Å²) in [4.78, 5) is 30.7. The molecule has 5 nitrogen and oxygen atoms in total. The van der Waals surface area contributed by atoms with Gasteiger partial charge in [-0.15, -0.1) is 11.3 Å². The third kappa shape index (κ3) is 2.72. The van der Waals surface area contributed by atoms with Crippen LogP contribution in [0.2, 0.25) is 0 Å². The predicted octanol–water partition coefficient (Wildman–Crippen LogP) is 1.86. The smallest absolute Gasteiger partial charge is 0.262 e. The Bertz CT molecular complexity index is 732. The Kier molecular flexibility index (Phi) is 4.05. The van der Waals surface area contributed by atoms with E-state index in [0.717, 1.165) is 29.5 Å². The third-order valence-corrected chi connectivity index (χ3v) is 5.10. The van der Waals surface area contributed by atoms with Crippen LogP contribution in [0.5, 0.6) is 0 Å². The van der Waals surface area contributed by atoms with E-state index in [9.17, 15) is 9.59 Å². The maximum Gasteiger partial charge on any atom is 0.262 e. The van der Waals surface area contributed by atoms with E-state index >= 15 is 0 Å². The second-order valence-electron chi connectivity index (χ2n) is 5.34. The molecule has 0 saturated carbocycles. The van der Waals surface area contributed by atoms with Crippen molar-refractivity contribution in [2.24, 2.45) is 0 Å². The van der Waals surface area contributed by atoms with E-state index < -0.39 is 0 Å². The highest BCUT2D eigenvalue weighted by molar-refractivity contribution is 7.18. The monoisotopic (exact) mass is 305 g/mol. The van der Waals surface area contributed by atoms with Gasteiger partial charge in [0.25, 0.3) is 5.56 Å². The molecule has 3 rings (SSSR count). The molecule has 2 aromatic heterocycles. The number of rotatable bonds is 4. The molecule has 0 saturated heterocycles. The second kappa shape index (κ2) is 5.97. The highest BCUT2D eigenvalue weighted by Crippen LogP contribution is 2.33. The van der Waals surface area contributed by atoms with Gasteiger partial charge in [-0.3, -0.25) is 14.2 Å². The molecule has 0 aliphatic heterocycles. The van der Waals surface area contributed by atoms with Gasteiger partial charge in [0, 0.05) is 24.4 Å². The first-order valence-electron chi connectivity index (χ1n) is 7.47. The maximum atomic E-state index is 12.6. The molecule has 0 radical (unpaired) electrons. The van der Waals surface area contributed by atoms with Crippen LogP contribution in [0, 0.1) is 0 Å². The highest BCUT2D eigenvalue weighted by Gasteiger charge is 2.19. The van der Waals surface area contributed by atoms with Crippen molar-refractivity contribution >= 4 is 27.5 Å². The average molecular weight is 305 g/mol. The summed E-state index contributed by atoms with van der Waals surface area (Å²) >= 11 is 1.65. The normalized spacial score (nSPS) is 14.1. The first kappa shape index (κ1) is 14.3. The Hall–Kier alpha value is -1.69. The first-order valence-corrected chi connectivity index (χ1v) is 8.28. The highest BCUT2D eigenvalue weighted by atomic mass is 32.1. The van der Waals surface area contributed by atoms with Gasteiger partial charge in [-0.25, -0.2) is 4.98 Å². The van der Waals surface area contributed by atoms with Gasteiger partial charge in [0.2, 0.25) is 5.91 Å². The Balaban J connectivity index is 1.92. The molecular formula is C15H19N3O2S. The molecule has 1 N–H and O–H groups in total. The zero-order valence-electron chi connectivity index (χ0n) is 12.1. The van der Waals surface area contributed by atoms with Crippen LogP contribution in [-0.4, -0.2) is 22.0 Å². The van der Waals surface area contributed by atoms with Gasteiger partial charge in [0.15, 0.2) is 0 Å². The minimum Gasteiger partial charge on any atom is -0.356 e. The molecule has 2 aromatic rings. The Labute approximate surface area is 127 Å². The summed E-state index contributed by atoms with van der Waals surface area (Å²) in [5.74, 6) is -0.0307. The van der Waals surface area contributed by atoms with Gasteiger partial charge in [0.05, 0.1) is 11.7 Å². The van der Waals surface area contributed by atoms with E-state index in [1.807, 2.05) is 6.92 Å². The SMILES string of the molecule is CCNC(=O)CCn1cnc2sc3c(c2c1=O)CCCC3. The topological polar surface area (TPSA) is 64.0 Å². The van der Waals surface area contributed by atoms with E-state index in [2.05, 4.69) is 10.3 Å². The quantitative estimate of drug-likeness (QED) is 0.938. The standard InChI is InChI=1S/C15H19N3O2S/c1-2-16-12(19)7-8-18-9-17-14-13(15(18)20)10-5-3-4-6-11(10)21-14/h9H,2-8H2,1H3,(H,16,19). The van der Waals surface area contributed by atoms with Gasteiger partial charge < -0.3 is 5.32 Å². The van der Waals surface area contributed by atoms with E-state index in [1.54, 1.807) is 22.2 Å². The van der Waals surface area contributed by atoms with Crippen LogP contribution in [0.25, 0.3) is 10.2 Å². The number of amides is 1. The van der Waals surface area contributed by atoms with E-state index in [4.69, 9.17) is 0 Å². The Morgan fingerprint density at radius 1 is 1.43 bits per heavy atom. The molecule has 21 heavy (non-hydrogen) atoms. The first-order chi connectivity index (χ1) is 10.2. The summed E-state index contributed by atoms with van der Waals surface area (Å²) in [5.41, 5.74) is 1.20. The molecule has 0 fully saturated rings. The lowest BCUT2D eigenvalue weighted by atomic mass is 9.97. The Morgan fingerprint density at radius 3 is 3.05 bits per heavy atom. The van der Waals surface area contributed by atoms with Gasteiger partial charge in [-0.05, 0) is 38.2 Å². The molecule has 112 valence electrons. The summed E-state index contributed by atoms with van der Waals surface area (Å²) in [6.07, 6.45) is 6.28. The minimum absolute atomic E-state index is 0.00342. The summed E-state index contributed by atoms with van der Waals surface area (Å²) in [7, 11) is 0. The van der Waals surface area contributed by atoms with Crippen LogP contribution in [0.3, 0.4) is 0 Å². The van der Waals surface area contributed by atoms with Crippen molar-refractivity contribution < 1.29 is 4.79 Å². The molecular weight excluding hydrogens is 286 g/mol. The number of hydrogen-bond acceptors (Lipinski definition) is 4. The van der Waals surface area contributed by atoms with Crippen LogP contribution < -0.4 is 10.9 Å². The number of hydrogen-bond donors (Lipinski definition) is 1. The molecule has 0 spiro atoms. The Morgan fingerprint density at radius 2 is 2.24 bits per heavy atom. The summed E-state index contributed by atoms with van der Waals surface area (Å²) in [5, 5.41) is 3.53. The van der Waals surface area contributed by atoms with Crippen LogP contribution in [0.1, 0.15) is 36.6 Å². The zero-order chi connectivity index (χ0) is 14.8. The fraction of sp³-hybridized carbons (Fsp3) is 0.533. The molecule has 1 aliphatic rings. The molecule has 1 aliphatic carbocycles. The molecule has 0 unspecified atom stereocenters. The molecule has 0 bridgehead atoms. The number of aryl methyl sites for hydroxylation is 3. The zero-order valence-corrected chi connectivity index (χ0v) is 13.0. The van der Waals surface area contributed by atoms with Gasteiger partial charge >= 0.3 is 0 Å². The van der Waals surface area contributed by atoms with Gasteiger partial charge in [0.1, 0.15) is 4.83 Å². The van der Waals surface area contributed by atoms with E-state index in [-0.39, 0.29) is 11.5 Å². The van der Waals surface area contributed by atoms with Crippen molar-refractivity contribution in [2.75, 3.05) is 6.54 Å². The van der Waals surface area contributed by atoms with Crippen molar-refractivity contribution in [1.82, 2.24) is 14.9 Å². The van der Waals surface area contributed by atoms with Crippen LogP contribution >= 0.6 is 11.3 Å². The lowest BCUT2D eigenvalue weighted by molar-refractivity contribution is -0.121. The molecule has 0 atom stereocenters. The predicted molar refractivity (Wildman–Crippen MR) is 83.8 cm³/mol. The fourth-order valence-electron chi connectivity index (χ4n) is 2.85. The lowest BCUT2D eigenvalue weighted by Crippen LogP contribution is -2.27. The number of aromatic nitrogens is 2. The van der Waals surface area contributed by atoms with E-state index in [0.29, 0.717) is 19.5 Å². The number of carbonyl (C=O) groups excluding carboxylic acids is 1. The van der Waals surface area contributed by atoms with Crippen molar-refractivity contribution in [1.29, 1.82) is 0 Å². The fourth-order valence-corrected chi connectivity index (χ4v) is 4.07. The van der Waals surface area contributed by atoms with Crippen molar-refractivity contribution in [3.05, 3.63) is 27.1 Å². The van der Waals surface area contributed by atoms with Crippen LogP contribution in [-0.2, 0) is 24.2 Å². The average Bonchev–Trinajstić information content (AvgIpc) is 2.86. The van der Waals surface area contributed by atoms with Crippen molar-refractivity contribution in [3.63, 3.8) is 0 Å². The maximum absolute atomic E-state index is 12.6. The molecule has 6 heteroatoms. The van der Waals surface area contributed by atoms with Crippen LogP contribution in [0.4, 0.5) is 0 Å². The second-order valence-corrected chi connectivity index (χ2v) is 6.42. The van der Waals surface area contributed by atoms with E-state index in [1.165, 1.54) is 16.9 Å². The number of fused-ring (bicyclic) bond motifs is 3. The van der Waals surface area contributed by atoms with Gasteiger partial charge in [-0.1, -0.05) is 0 Å². The van der Waals surface area contributed by atoms with Crippen molar-refractivity contribution in [3.8, 4) is 0 Å². The third-order valence-electron chi connectivity index (χ3n) is 3.90. The number of nitrogens with zero attached hydrogens (tertiary/aromatic N) is 2. The largest absolute Gasteiger partial charge is 0.356 e. The lowest BCUT2D eigenvalue weighted by Gasteiger charge is -2.10. The summed E-state index contributed by atoms with van der Waals surface area (Å²) < 4.78 is 1.57. The van der Waals surface area contributed by atoms with Gasteiger partial charge in [-0.2, -0.15) is 0 Å². The molecule has 2 heterocycles. The van der Waals surface area contributed by atoms with Crippen LogP contribution in [0.15, 0.2) is 11.1 Å². The molecule has 1 amide bonds. The number of carbonyl (C=O) groups is 1. The minimum atomic E-state index is -0.0307.